The molecule has 2 atom stereocenters. The van der Waals surface area contributed by atoms with Crippen LogP contribution in [0.15, 0.2) is 57.6 Å². The van der Waals surface area contributed by atoms with Crippen molar-refractivity contribution in [2.24, 2.45) is 0 Å². The second kappa shape index (κ2) is 9.95. The first-order valence-electron chi connectivity index (χ1n) is 8.32. The Hall–Kier alpha value is -1.36. The number of halogens is 1. The van der Waals surface area contributed by atoms with Gasteiger partial charge < -0.3 is 15.3 Å². The number of aliphatic hydroxyl groups excluding tert-OH is 2. The molecular weight excluding hydrogens is 400 g/mol. The molecule has 0 bridgehead atoms. The van der Waals surface area contributed by atoms with Crippen molar-refractivity contribution >= 4 is 27.3 Å². The largest absolute Gasteiger partial charge is 0.508 e. The summed E-state index contributed by atoms with van der Waals surface area (Å²) in [5, 5.41) is 32.4. The number of thiophene rings is 1. The molecule has 0 aliphatic heterocycles. The van der Waals surface area contributed by atoms with Crippen molar-refractivity contribution < 1.29 is 15.3 Å². The van der Waals surface area contributed by atoms with Gasteiger partial charge in [0.05, 0.1) is 12.2 Å². The zero-order chi connectivity index (χ0) is 18.2. The third-order valence-electron chi connectivity index (χ3n) is 3.86. The molecule has 3 N–H and O–H groups in total. The lowest BCUT2D eigenvalue weighted by Crippen LogP contribution is -1.97. The molecule has 0 spiro atoms. The highest BCUT2D eigenvalue weighted by molar-refractivity contribution is 9.10. The smallest absolute Gasteiger partial charge is 0.121 e. The molecule has 1 heterocycles. The highest BCUT2D eigenvalue weighted by Crippen LogP contribution is 2.30. The minimum Gasteiger partial charge on any atom is -0.508 e. The van der Waals surface area contributed by atoms with Crippen LogP contribution in [0.3, 0.4) is 0 Å². The van der Waals surface area contributed by atoms with Crippen LogP contribution in [0.25, 0.3) is 0 Å². The second-order valence-electron chi connectivity index (χ2n) is 5.89. The first-order chi connectivity index (χ1) is 12.0. The summed E-state index contributed by atoms with van der Waals surface area (Å²) in [5.41, 5.74) is 4.76. The van der Waals surface area contributed by atoms with Crippen molar-refractivity contribution in [1.82, 2.24) is 0 Å². The highest BCUT2D eigenvalue weighted by Gasteiger charge is 2.12. The van der Waals surface area contributed by atoms with Crippen LogP contribution in [-0.2, 0) is 0 Å². The topological polar surface area (TPSA) is 60.7 Å². The van der Waals surface area contributed by atoms with Gasteiger partial charge in [-0.1, -0.05) is 35.3 Å². The molecule has 0 amide bonds. The molecule has 25 heavy (non-hydrogen) atoms. The molecule has 0 fully saturated rings. The van der Waals surface area contributed by atoms with Gasteiger partial charge in [0.2, 0.25) is 0 Å². The van der Waals surface area contributed by atoms with Gasteiger partial charge in [0.15, 0.2) is 0 Å². The van der Waals surface area contributed by atoms with E-state index in [2.05, 4.69) is 28.6 Å². The Morgan fingerprint density at radius 2 is 2.08 bits per heavy atom. The van der Waals surface area contributed by atoms with Crippen molar-refractivity contribution in [3.8, 4) is 5.75 Å². The number of rotatable bonds is 8. The highest BCUT2D eigenvalue weighted by atomic mass is 79.9. The summed E-state index contributed by atoms with van der Waals surface area (Å²) in [7, 11) is 0. The van der Waals surface area contributed by atoms with Crippen LogP contribution >= 0.6 is 27.3 Å². The maximum absolute atomic E-state index is 10.3. The lowest BCUT2D eigenvalue weighted by atomic mass is 10.0. The summed E-state index contributed by atoms with van der Waals surface area (Å²) in [4.78, 5) is 0.953. The molecule has 0 aliphatic rings. The van der Waals surface area contributed by atoms with E-state index >= 15 is 0 Å². The Balaban J connectivity index is 2.06. The third-order valence-corrected chi connectivity index (χ3v) is 5.33. The van der Waals surface area contributed by atoms with E-state index in [0.29, 0.717) is 18.4 Å². The molecule has 1 aromatic heterocycles. The second-order valence-corrected chi connectivity index (χ2v) is 7.79. The van der Waals surface area contributed by atoms with Crippen molar-refractivity contribution in [3.05, 3.63) is 68.0 Å². The first kappa shape index (κ1) is 20.0. The quantitative estimate of drug-likeness (QED) is 0.481. The molecule has 3 nitrogen and oxygen atoms in total. The Labute approximate surface area is 161 Å². The van der Waals surface area contributed by atoms with Crippen molar-refractivity contribution in [3.63, 3.8) is 0 Å². The summed E-state index contributed by atoms with van der Waals surface area (Å²) in [6.07, 6.45) is 3.21. The van der Waals surface area contributed by atoms with Crippen molar-refractivity contribution in [2.75, 3.05) is 0 Å². The SMILES string of the molecule is CCCC(=C=CC[C@@H](O)c1cc(Br)ccc1O)C[C@@H](O)c1cccs1. The molecule has 0 saturated carbocycles. The van der Waals surface area contributed by atoms with Crippen molar-refractivity contribution in [2.45, 2.75) is 44.8 Å². The zero-order valence-electron chi connectivity index (χ0n) is 14.2. The number of hydrogen-bond donors (Lipinski definition) is 3. The van der Waals surface area contributed by atoms with Crippen LogP contribution in [0.4, 0.5) is 0 Å². The Kier molecular flexibility index (Phi) is 7.94. The van der Waals surface area contributed by atoms with Gasteiger partial charge in [0.1, 0.15) is 5.75 Å². The predicted molar refractivity (Wildman–Crippen MR) is 106 cm³/mol. The van der Waals surface area contributed by atoms with E-state index in [-0.39, 0.29) is 5.75 Å². The van der Waals surface area contributed by atoms with E-state index in [1.807, 2.05) is 17.5 Å². The van der Waals surface area contributed by atoms with Gasteiger partial charge >= 0.3 is 0 Å². The molecule has 5 heteroatoms. The van der Waals surface area contributed by atoms with Gasteiger partial charge in [-0.25, -0.2) is 0 Å². The number of phenolic OH excluding ortho intramolecular Hbond substituents is 1. The normalized spacial score (nSPS) is 13.1. The number of aromatic hydroxyl groups is 1. The zero-order valence-corrected chi connectivity index (χ0v) is 16.6. The molecule has 1 aromatic carbocycles. The minimum atomic E-state index is -0.796. The molecule has 2 aromatic rings. The Bertz CT molecular complexity index is 733. The summed E-state index contributed by atoms with van der Waals surface area (Å²) in [5.74, 6) is 0.0787. The van der Waals surface area contributed by atoms with Crippen LogP contribution < -0.4 is 0 Å². The summed E-state index contributed by atoms with van der Waals surface area (Å²) in [6, 6.07) is 8.87. The Morgan fingerprint density at radius 1 is 1.28 bits per heavy atom. The van der Waals surface area contributed by atoms with Crippen LogP contribution in [0.1, 0.15) is 55.3 Å². The van der Waals surface area contributed by atoms with Crippen LogP contribution in [0.5, 0.6) is 5.75 Å². The fraction of sp³-hybridized carbons (Fsp3) is 0.350. The van der Waals surface area contributed by atoms with E-state index in [4.69, 9.17) is 0 Å². The molecule has 0 radical (unpaired) electrons. The number of hydrogen-bond acceptors (Lipinski definition) is 4. The molecule has 0 saturated heterocycles. The lowest BCUT2D eigenvalue weighted by molar-refractivity contribution is 0.177. The Morgan fingerprint density at radius 3 is 2.76 bits per heavy atom. The standard InChI is InChI=1S/C20H23BrO3S/c1-2-5-14(12-19(24)20-8-4-11-25-20)6-3-7-17(22)16-13-15(21)9-10-18(16)23/h3-4,8-11,13,17,19,22-24H,2,5,7,12H2,1H3/t6?,17-,19-/m1/s1. The number of aliphatic hydroxyl groups is 2. The van der Waals surface area contributed by atoms with Crippen LogP contribution in [-0.4, -0.2) is 15.3 Å². The van der Waals surface area contributed by atoms with Crippen LogP contribution in [0, 0.1) is 0 Å². The maximum Gasteiger partial charge on any atom is 0.121 e. The van der Waals surface area contributed by atoms with E-state index in [1.165, 1.54) is 0 Å². The number of benzene rings is 1. The van der Waals surface area contributed by atoms with Crippen molar-refractivity contribution in [1.29, 1.82) is 0 Å². The van der Waals surface area contributed by atoms with Gasteiger partial charge in [-0.2, -0.15) is 0 Å². The molecular formula is C20H23BrO3S. The molecule has 2 rings (SSSR count). The van der Waals surface area contributed by atoms with Gasteiger partial charge in [-0.3, -0.25) is 0 Å². The maximum atomic E-state index is 10.3. The van der Waals surface area contributed by atoms with Gasteiger partial charge in [-0.05, 0) is 47.7 Å². The van der Waals surface area contributed by atoms with Gasteiger partial charge in [-0.15, -0.1) is 17.1 Å². The summed E-state index contributed by atoms with van der Waals surface area (Å²) in [6.45, 7) is 2.09. The van der Waals surface area contributed by atoms with E-state index < -0.39 is 12.2 Å². The fourth-order valence-corrected chi connectivity index (χ4v) is 3.67. The predicted octanol–water partition coefficient (Wildman–Crippen LogP) is 5.65. The van der Waals surface area contributed by atoms with Gasteiger partial charge in [0.25, 0.3) is 0 Å². The average Bonchev–Trinajstić information content (AvgIpc) is 3.11. The number of phenols is 1. The lowest BCUT2D eigenvalue weighted by Gasteiger charge is -2.11. The minimum absolute atomic E-state index is 0.0787. The van der Waals surface area contributed by atoms with Gasteiger partial charge in [0, 0.05) is 27.8 Å². The first-order valence-corrected chi connectivity index (χ1v) is 9.99. The van der Waals surface area contributed by atoms with Crippen LogP contribution in [0.2, 0.25) is 0 Å². The third kappa shape index (κ3) is 6.14. The summed E-state index contributed by atoms with van der Waals surface area (Å²) >= 11 is 4.89. The van der Waals surface area contributed by atoms with E-state index in [0.717, 1.165) is 27.8 Å². The molecule has 134 valence electrons. The summed E-state index contributed by atoms with van der Waals surface area (Å²) < 4.78 is 0.810. The average molecular weight is 423 g/mol. The monoisotopic (exact) mass is 422 g/mol. The van der Waals surface area contributed by atoms with E-state index in [1.54, 1.807) is 35.6 Å². The van der Waals surface area contributed by atoms with E-state index in [9.17, 15) is 15.3 Å². The molecule has 0 aliphatic carbocycles. The molecule has 0 unspecified atom stereocenters. The fourth-order valence-electron chi connectivity index (χ4n) is 2.58.